The summed E-state index contributed by atoms with van der Waals surface area (Å²) in [5.74, 6) is -1.47. The molecule has 4 aromatic rings. The van der Waals surface area contributed by atoms with E-state index in [1.54, 1.807) is 36.4 Å². The molecule has 0 aliphatic heterocycles. The molecule has 0 aliphatic rings. The van der Waals surface area contributed by atoms with Crippen molar-refractivity contribution >= 4 is 40.2 Å². The van der Waals surface area contributed by atoms with Crippen molar-refractivity contribution in [3.05, 3.63) is 94.3 Å². The van der Waals surface area contributed by atoms with Crippen molar-refractivity contribution in [3.63, 3.8) is 0 Å². The fourth-order valence-electron chi connectivity index (χ4n) is 3.71. The standard InChI is InChI=1S/C27H25N3O4S/c1-3-17(2)18-12-14-19(15-13-18)30-25(32)20-8-4-6-10-22(20)29-27(30)35-16-24(31)28-23-11-7-5-9-21(23)26(33)34/h4-15,17H,3,16H2,1-2H3,(H,28,31)(H,33,34)/p-1/t17-/m0/s1. The molecule has 8 heteroatoms. The lowest BCUT2D eigenvalue weighted by Gasteiger charge is -2.15. The third-order valence-corrected chi connectivity index (χ3v) is 6.77. The lowest BCUT2D eigenvalue weighted by molar-refractivity contribution is -0.254. The van der Waals surface area contributed by atoms with Gasteiger partial charge in [0.25, 0.3) is 5.56 Å². The van der Waals surface area contributed by atoms with Crippen LogP contribution in [0.15, 0.2) is 82.7 Å². The first-order valence-electron chi connectivity index (χ1n) is 11.2. The van der Waals surface area contributed by atoms with Crippen molar-refractivity contribution in [2.24, 2.45) is 0 Å². The second-order valence-corrected chi connectivity index (χ2v) is 9.07. The minimum absolute atomic E-state index is 0.0723. The van der Waals surface area contributed by atoms with Gasteiger partial charge in [-0.05, 0) is 48.2 Å². The van der Waals surface area contributed by atoms with Gasteiger partial charge in [0.2, 0.25) is 5.91 Å². The molecule has 3 aromatic carbocycles. The van der Waals surface area contributed by atoms with Gasteiger partial charge >= 0.3 is 0 Å². The summed E-state index contributed by atoms with van der Waals surface area (Å²) < 4.78 is 1.51. The molecule has 7 nitrogen and oxygen atoms in total. The summed E-state index contributed by atoms with van der Waals surface area (Å²) in [5, 5.41) is 14.8. The number of nitrogens with one attached hydrogen (secondary N) is 1. The molecule has 1 heterocycles. The number of benzene rings is 3. The Hall–Kier alpha value is -3.91. The largest absolute Gasteiger partial charge is 0.545 e. The van der Waals surface area contributed by atoms with E-state index in [2.05, 4.69) is 24.1 Å². The zero-order chi connectivity index (χ0) is 24.9. The average Bonchev–Trinajstić information content (AvgIpc) is 2.87. The molecule has 178 valence electrons. The van der Waals surface area contributed by atoms with Crippen LogP contribution in [-0.4, -0.2) is 27.2 Å². The second kappa shape index (κ2) is 10.6. The number of carboxylic acids is 1. The molecule has 0 unspecified atom stereocenters. The van der Waals surface area contributed by atoms with Crippen LogP contribution in [0.2, 0.25) is 0 Å². The number of aromatic carboxylic acids is 1. The first kappa shape index (κ1) is 24.2. The lowest BCUT2D eigenvalue weighted by Crippen LogP contribution is -2.25. The number of amides is 1. The maximum Gasteiger partial charge on any atom is 0.266 e. The summed E-state index contributed by atoms with van der Waals surface area (Å²) >= 11 is 1.10. The van der Waals surface area contributed by atoms with Crippen LogP contribution in [0.5, 0.6) is 0 Å². The van der Waals surface area contributed by atoms with Crippen LogP contribution in [0.25, 0.3) is 16.6 Å². The Bertz CT molecular complexity index is 1450. The first-order chi connectivity index (χ1) is 16.9. The van der Waals surface area contributed by atoms with Crippen molar-refractivity contribution in [1.82, 2.24) is 9.55 Å². The van der Waals surface area contributed by atoms with E-state index in [1.807, 2.05) is 24.3 Å². The number of hydrogen-bond donors (Lipinski definition) is 1. The van der Waals surface area contributed by atoms with Crippen molar-refractivity contribution in [3.8, 4) is 5.69 Å². The van der Waals surface area contributed by atoms with E-state index < -0.39 is 11.9 Å². The minimum atomic E-state index is -1.38. The van der Waals surface area contributed by atoms with Gasteiger partial charge in [0.1, 0.15) is 0 Å². The topological polar surface area (TPSA) is 104 Å². The molecule has 1 aromatic heterocycles. The second-order valence-electron chi connectivity index (χ2n) is 8.12. The van der Waals surface area contributed by atoms with Gasteiger partial charge in [0.15, 0.2) is 5.16 Å². The van der Waals surface area contributed by atoms with Crippen LogP contribution in [0.3, 0.4) is 0 Å². The normalized spacial score (nSPS) is 11.8. The molecule has 1 N–H and O–H groups in total. The predicted molar refractivity (Wildman–Crippen MR) is 136 cm³/mol. The Kier molecular flexibility index (Phi) is 7.31. The van der Waals surface area contributed by atoms with Crippen LogP contribution < -0.4 is 16.0 Å². The average molecular weight is 487 g/mol. The number of carbonyl (C=O) groups excluding carboxylic acids is 2. The Morgan fingerprint density at radius 1 is 1.03 bits per heavy atom. The number of anilines is 1. The smallest absolute Gasteiger partial charge is 0.266 e. The van der Waals surface area contributed by atoms with Crippen molar-refractivity contribution in [2.75, 3.05) is 11.1 Å². The Balaban J connectivity index is 1.66. The highest BCUT2D eigenvalue weighted by Gasteiger charge is 2.16. The van der Waals surface area contributed by atoms with Gasteiger partial charge in [-0.1, -0.05) is 68.1 Å². The summed E-state index contributed by atoms with van der Waals surface area (Å²) in [7, 11) is 0. The fourth-order valence-corrected chi connectivity index (χ4v) is 4.52. The predicted octanol–water partition coefficient (Wildman–Crippen LogP) is 3.99. The number of para-hydroxylation sites is 2. The zero-order valence-corrected chi connectivity index (χ0v) is 20.2. The molecule has 0 fully saturated rings. The van der Waals surface area contributed by atoms with E-state index in [0.29, 0.717) is 27.7 Å². The van der Waals surface area contributed by atoms with Gasteiger partial charge in [0.05, 0.1) is 28.3 Å². The van der Waals surface area contributed by atoms with Crippen LogP contribution in [0.4, 0.5) is 5.69 Å². The number of hydrogen-bond acceptors (Lipinski definition) is 6. The van der Waals surface area contributed by atoms with Crippen LogP contribution in [0.1, 0.15) is 42.1 Å². The van der Waals surface area contributed by atoms with E-state index in [1.165, 1.54) is 22.3 Å². The van der Waals surface area contributed by atoms with Crippen molar-refractivity contribution in [2.45, 2.75) is 31.3 Å². The van der Waals surface area contributed by atoms with Crippen LogP contribution >= 0.6 is 11.8 Å². The van der Waals surface area contributed by atoms with Gasteiger partial charge in [0, 0.05) is 11.3 Å². The van der Waals surface area contributed by atoms with Gasteiger partial charge in [-0.3, -0.25) is 14.2 Å². The first-order valence-corrected chi connectivity index (χ1v) is 12.2. The zero-order valence-electron chi connectivity index (χ0n) is 19.4. The highest BCUT2D eigenvalue weighted by molar-refractivity contribution is 7.99. The quantitative estimate of drug-likeness (QED) is 0.298. The molecular weight excluding hydrogens is 462 g/mol. The lowest BCUT2D eigenvalue weighted by atomic mass is 9.98. The number of aromatic nitrogens is 2. The minimum Gasteiger partial charge on any atom is -0.545 e. The van der Waals surface area contributed by atoms with Gasteiger partial charge in [-0.15, -0.1) is 0 Å². The number of thioether (sulfide) groups is 1. The molecule has 0 aliphatic carbocycles. The maximum atomic E-state index is 13.4. The van der Waals surface area contributed by atoms with Gasteiger partial charge in [-0.2, -0.15) is 0 Å². The maximum absolute atomic E-state index is 13.4. The third kappa shape index (κ3) is 5.27. The van der Waals surface area contributed by atoms with Crippen LogP contribution in [0, 0.1) is 0 Å². The van der Waals surface area contributed by atoms with E-state index in [0.717, 1.165) is 18.2 Å². The number of rotatable bonds is 8. The SMILES string of the molecule is CC[C@H](C)c1ccc(-n2c(SCC(=O)Nc3ccccc3C(=O)[O-])nc3ccccc3c2=O)cc1. The van der Waals surface area contributed by atoms with Crippen molar-refractivity contribution < 1.29 is 14.7 Å². The highest BCUT2D eigenvalue weighted by atomic mass is 32.2. The highest BCUT2D eigenvalue weighted by Crippen LogP contribution is 2.24. The molecule has 0 saturated carbocycles. The summed E-state index contributed by atoms with van der Waals surface area (Å²) in [5.41, 5.74) is 2.20. The van der Waals surface area contributed by atoms with E-state index in [4.69, 9.17) is 0 Å². The molecule has 0 bridgehead atoms. The van der Waals surface area contributed by atoms with Crippen LogP contribution in [-0.2, 0) is 4.79 Å². The summed E-state index contributed by atoms with van der Waals surface area (Å²) in [6.07, 6.45) is 1.01. The summed E-state index contributed by atoms with van der Waals surface area (Å²) in [4.78, 5) is 42.0. The molecule has 0 radical (unpaired) electrons. The number of carboxylic acid groups (broad SMARTS) is 1. The molecule has 1 atom stereocenters. The third-order valence-electron chi connectivity index (χ3n) is 5.83. The Morgan fingerprint density at radius 2 is 1.71 bits per heavy atom. The molecule has 35 heavy (non-hydrogen) atoms. The monoisotopic (exact) mass is 486 g/mol. The van der Waals surface area contributed by atoms with E-state index in [-0.39, 0.29) is 22.6 Å². The van der Waals surface area contributed by atoms with E-state index >= 15 is 0 Å². The molecule has 4 rings (SSSR count). The van der Waals surface area contributed by atoms with Gasteiger partial charge in [-0.25, -0.2) is 4.98 Å². The summed E-state index contributed by atoms with van der Waals surface area (Å²) in [6, 6.07) is 20.9. The van der Waals surface area contributed by atoms with E-state index in [9.17, 15) is 19.5 Å². The number of fused-ring (bicyclic) bond motifs is 1. The molecular formula is C27H24N3O4S-. The van der Waals surface area contributed by atoms with Crippen molar-refractivity contribution in [1.29, 1.82) is 0 Å². The summed E-state index contributed by atoms with van der Waals surface area (Å²) in [6.45, 7) is 4.28. The van der Waals surface area contributed by atoms with Gasteiger partial charge < -0.3 is 15.2 Å². The molecule has 1 amide bonds. The molecule has 0 spiro atoms. The Morgan fingerprint density at radius 3 is 2.43 bits per heavy atom. The Labute approximate surface area is 206 Å². The molecule has 0 saturated heterocycles. The number of nitrogens with zero attached hydrogens (tertiary/aromatic N) is 2. The number of carbonyl (C=O) groups is 2. The fraction of sp³-hybridized carbons (Fsp3) is 0.185.